The van der Waals surface area contributed by atoms with E-state index < -0.39 is 5.60 Å². The number of carbonyl (C=O) groups excluding carboxylic acids is 1. The van der Waals surface area contributed by atoms with Crippen LogP contribution in [0.25, 0.3) is 6.08 Å². The summed E-state index contributed by atoms with van der Waals surface area (Å²) in [6.45, 7) is 6.36. The lowest BCUT2D eigenvalue weighted by Gasteiger charge is -2.21. The quantitative estimate of drug-likeness (QED) is 0.751. The van der Waals surface area contributed by atoms with E-state index in [1.807, 2.05) is 81.5 Å². The van der Waals surface area contributed by atoms with Gasteiger partial charge in [-0.15, -0.1) is 0 Å². The standard InChI is InChI=1S/C22H27NO2/c1-22(2,3)25-21(24)16-20(15-14-18-10-6-4-7-11-18)23-17-19-12-8-5-9-13-19/h4-15,20,23H,16-17H2,1-3H3/b15-14+. The number of carbonyl (C=O) groups is 1. The molecule has 3 nitrogen and oxygen atoms in total. The van der Waals surface area contributed by atoms with Crippen molar-refractivity contribution in [2.75, 3.05) is 0 Å². The summed E-state index contributed by atoms with van der Waals surface area (Å²) in [7, 11) is 0. The molecule has 0 spiro atoms. The van der Waals surface area contributed by atoms with E-state index in [0.717, 1.165) is 5.56 Å². The Hall–Kier alpha value is -2.39. The molecular formula is C22H27NO2. The van der Waals surface area contributed by atoms with Crippen LogP contribution < -0.4 is 5.32 Å². The van der Waals surface area contributed by atoms with Gasteiger partial charge in [0.2, 0.25) is 0 Å². The van der Waals surface area contributed by atoms with Crippen LogP contribution in [0.4, 0.5) is 0 Å². The van der Waals surface area contributed by atoms with Gasteiger partial charge in [0.05, 0.1) is 6.42 Å². The van der Waals surface area contributed by atoms with Crippen LogP contribution in [0.1, 0.15) is 38.3 Å². The molecule has 0 aromatic heterocycles. The Balaban J connectivity index is 2.02. The number of hydrogen-bond donors (Lipinski definition) is 1. The molecular weight excluding hydrogens is 310 g/mol. The molecule has 2 aromatic rings. The molecule has 2 rings (SSSR count). The third-order valence-corrected chi connectivity index (χ3v) is 3.54. The van der Waals surface area contributed by atoms with E-state index in [4.69, 9.17) is 4.74 Å². The lowest BCUT2D eigenvalue weighted by Crippen LogP contribution is -2.32. The van der Waals surface area contributed by atoms with Crippen LogP contribution >= 0.6 is 0 Å². The Bertz CT molecular complexity index is 672. The summed E-state index contributed by atoms with van der Waals surface area (Å²) in [5.41, 5.74) is 1.83. The van der Waals surface area contributed by atoms with Crippen LogP contribution in [0, 0.1) is 0 Å². The van der Waals surface area contributed by atoms with Crippen LogP contribution in [-0.2, 0) is 16.1 Å². The number of rotatable bonds is 7. The first kappa shape index (κ1) is 18.9. The molecule has 0 aliphatic heterocycles. The third-order valence-electron chi connectivity index (χ3n) is 3.54. The molecule has 0 aliphatic carbocycles. The van der Waals surface area contributed by atoms with E-state index in [1.54, 1.807) is 0 Å². The average molecular weight is 337 g/mol. The van der Waals surface area contributed by atoms with E-state index in [1.165, 1.54) is 5.56 Å². The molecule has 0 heterocycles. The molecule has 1 N–H and O–H groups in total. The fourth-order valence-electron chi connectivity index (χ4n) is 2.41. The summed E-state index contributed by atoms with van der Waals surface area (Å²) in [5.74, 6) is -0.198. The Kier molecular flexibility index (Phi) is 6.96. The van der Waals surface area contributed by atoms with Gasteiger partial charge in [-0.25, -0.2) is 0 Å². The lowest BCUT2D eigenvalue weighted by molar-refractivity contribution is -0.155. The zero-order valence-corrected chi connectivity index (χ0v) is 15.2. The number of nitrogens with one attached hydrogen (secondary N) is 1. The molecule has 0 aliphatic rings. The summed E-state index contributed by atoms with van der Waals surface area (Å²) in [6, 6.07) is 20.1. The lowest BCUT2D eigenvalue weighted by atomic mass is 10.1. The van der Waals surface area contributed by atoms with Crippen molar-refractivity contribution in [1.29, 1.82) is 0 Å². The van der Waals surface area contributed by atoms with E-state index in [9.17, 15) is 4.79 Å². The molecule has 132 valence electrons. The predicted octanol–water partition coefficient (Wildman–Crippen LogP) is 4.59. The number of ether oxygens (including phenoxy) is 1. The molecule has 1 atom stereocenters. The van der Waals surface area contributed by atoms with Gasteiger partial charge in [0.15, 0.2) is 0 Å². The summed E-state index contributed by atoms with van der Waals surface area (Å²) in [5, 5.41) is 3.44. The van der Waals surface area contributed by atoms with Gasteiger partial charge in [0.25, 0.3) is 0 Å². The minimum absolute atomic E-state index is 0.0877. The van der Waals surface area contributed by atoms with Crippen molar-refractivity contribution in [2.24, 2.45) is 0 Å². The topological polar surface area (TPSA) is 38.3 Å². The van der Waals surface area contributed by atoms with Crippen LogP contribution in [0.2, 0.25) is 0 Å². The van der Waals surface area contributed by atoms with Crippen molar-refractivity contribution in [2.45, 2.75) is 45.4 Å². The van der Waals surface area contributed by atoms with Crippen molar-refractivity contribution in [3.63, 3.8) is 0 Å². The molecule has 0 saturated carbocycles. The molecule has 0 radical (unpaired) electrons. The molecule has 25 heavy (non-hydrogen) atoms. The maximum atomic E-state index is 12.2. The highest BCUT2D eigenvalue weighted by atomic mass is 16.6. The SMILES string of the molecule is CC(C)(C)OC(=O)CC(/C=C/c1ccccc1)NCc1ccccc1. The monoisotopic (exact) mass is 337 g/mol. The van der Waals surface area contributed by atoms with Gasteiger partial charge in [0.1, 0.15) is 5.60 Å². The van der Waals surface area contributed by atoms with Crippen LogP contribution in [0.3, 0.4) is 0 Å². The van der Waals surface area contributed by atoms with Gasteiger partial charge in [-0.1, -0.05) is 72.8 Å². The summed E-state index contributed by atoms with van der Waals surface area (Å²) in [6.07, 6.45) is 4.36. The zero-order chi connectivity index (χ0) is 18.1. The number of benzene rings is 2. The molecule has 1 unspecified atom stereocenters. The molecule has 0 fully saturated rings. The van der Waals surface area contributed by atoms with Crippen LogP contribution in [0.15, 0.2) is 66.7 Å². The third kappa shape index (κ3) is 7.81. The second-order valence-corrected chi connectivity index (χ2v) is 7.03. The Morgan fingerprint density at radius 3 is 2.24 bits per heavy atom. The highest BCUT2D eigenvalue weighted by Crippen LogP contribution is 2.11. The molecule has 2 aromatic carbocycles. The maximum absolute atomic E-state index is 12.2. The molecule has 0 saturated heterocycles. The Labute approximate surface area is 150 Å². The van der Waals surface area contributed by atoms with Gasteiger partial charge < -0.3 is 10.1 Å². The Morgan fingerprint density at radius 1 is 1.04 bits per heavy atom. The van der Waals surface area contributed by atoms with Crippen LogP contribution in [0.5, 0.6) is 0 Å². The van der Waals surface area contributed by atoms with E-state index in [-0.39, 0.29) is 12.0 Å². The van der Waals surface area contributed by atoms with E-state index in [0.29, 0.717) is 13.0 Å². The zero-order valence-electron chi connectivity index (χ0n) is 15.2. The highest BCUT2D eigenvalue weighted by Gasteiger charge is 2.19. The van der Waals surface area contributed by atoms with Gasteiger partial charge in [-0.05, 0) is 31.9 Å². The van der Waals surface area contributed by atoms with Crippen molar-refractivity contribution in [3.8, 4) is 0 Å². The van der Waals surface area contributed by atoms with Gasteiger partial charge in [-0.2, -0.15) is 0 Å². The van der Waals surface area contributed by atoms with Gasteiger partial charge >= 0.3 is 5.97 Å². The minimum atomic E-state index is -0.468. The first-order valence-electron chi connectivity index (χ1n) is 8.65. The van der Waals surface area contributed by atoms with Gasteiger partial charge in [0, 0.05) is 12.6 Å². The number of hydrogen-bond acceptors (Lipinski definition) is 3. The average Bonchev–Trinajstić information content (AvgIpc) is 2.57. The highest BCUT2D eigenvalue weighted by molar-refractivity contribution is 5.71. The smallest absolute Gasteiger partial charge is 0.308 e. The van der Waals surface area contributed by atoms with Crippen molar-refractivity contribution in [1.82, 2.24) is 5.32 Å². The second kappa shape index (κ2) is 9.19. The summed E-state index contributed by atoms with van der Waals surface area (Å²) >= 11 is 0. The van der Waals surface area contributed by atoms with Crippen LogP contribution in [-0.4, -0.2) is 17.6 Å². The molecule has 0 bridgehead atoms. The largest absolute Gasteiger partial charge is 0.460 e. The van der Waals surface area contributed by atoms with E-state index in [2.05, 4.69) is 17.4 Å². The summed E-state index contributed by atoms with van der Waals surface area (Å²) < 4.78 is 5.46. The normalized spacial score (nSPS) is 12.9. The number of esters is 1. The maximum Gasteiger partial charge on any atom is 0.308 e. The van der Waals surface area contributed by atoms with E-state index >= 15 is 0 Å². The fraction of sp³-hybridized carbons (Fsp3) is 0.318. The summed E-state index contributed by atoms with van der Waals surface area (Å²) in [4.78, 5) is 12.2. The molecule has 3 heteroatoms. The van der Waals surface area contributed by atoms with Crippen molar-refractivity contribution in [3.05, 3.63) is 77.9 Å². The van der Waals surface area contributed by atoms with Gasteiger partial charge in [-0.3, -0.25) is 4.79 Å². The first-order chi connectivity index (χ1) is 11.9. The second-order valence-electron chi connectivity index (χ2n) is 7.03. The Morgan fingerprint density at radius 2 is 1.64 bits per heavy atom. The fourth-order valence-corrected chi connectivity index (χ4v) is 2.41. The van der Waals surface area contributed by atoms with Crippen molar-refractivity contribution < 1.29 is 9.53 Å². The predicted molar refractivity (Wildman–Crippen MR) is 103 cm³/mol. The molecule has 0 amide bonds. The minimum Gasteiger partial charge on any atom is -0.460 e. The first-order valence-corrected chi connectivity index (χ1v) is 8.65. The van der Waals surface area contributed by atoms with Crippen molar-refractivity contribution >= 4 is 12.0 Å².